The molecular weight excluding hydrogens is 590 g/mol. The Morgan fingerprint density at radius 3 is 2.46 bits per heavy atom. The van der Waals surface area contributed by atoms with Crippen LogP contribution in [-0.4, -0.2) is 95.0 Å². The van der Waals surface area contributed by atoms with E-state index in [1.807, 2.05) is 27.7 Å². The van der Waals surface area contributed by atoms with E-state index in [4.69, 9.17) is 14.5 Å². The van der Waals surface area contributed by atoms with Crippen molar-refractivity contribution in [2.24, 2.45) is 0 Å². The van der Waals surface area contributed by atoms with E-state index in [2.05, 4.69) is 20.5 Å². The van der Waals surface area contributed by atoms with Crippen molar-refractivity contribution in [1.29, 1.82) is 0 Å². The van der Waals surface area contributed by atoms with Gasteiger partial charge in [-0.3, -0.25) is 9.59 Å². The first-order chi connectivity index (χ1) is 21.9. The fourth-order valence-electron chi connectivity index (χ4n) is 6.58. The average Bonchev–Trinajstić information content (AvgIpc) is 3.57. The monoisotopic (exact) mass is 637 g/mol. The van der Waals surface area contributed by atoms with Gasteiger partial charge in [0.15, 0.2) is 5.82 Å². The maximum Gasteiger partial charge on any atom is 0.410 e. The highest BCUT2D eigenvalue weighted by atomic mass is 16.6. The zero-order valence-corrected chi connectivity index (χ0v) is 27.8. The molecule has 3 heterocycles. The Bertz CT molecular complexity index is 1450. The van der Waals surface area contributed by atoms with Crippen LogP contribution in [0.5, 0.6) is 5.75 Å². The van der Waals surface area contributed by atoms with Gasteiger partial charge < -0.3 is 39.9 Å². The van der Waals surface area contributed by atoms with Crippen LogP contribution in [0.3, 0.4) is 0 Å². The van der Waals surface area contributed by atoms with Gasteiger partial charge in [-0.2, -0.15) is 4.98 Å². The van der Waals surface area contributed by atoms with Crippen LogP contribution in [0.25, 0.3) is 0 Å². The predicted molar refractivity (Wildman–Crippen MR) is 175 cm³/mol. The second kappa shape index (κ2) is 13.3. The van der Waals surface area contributed by atoms with Crippen molar-refractivity contribution in [2.75, 3.05) is 49.0 Å². The predicted octanol–water partition coefficient (Wildman–Crippen LogP) is 4.22. The van der Waals surface area contributed by atoms with E-state index < -0.39 is 17.2 Å². The molecule has 2 aliphatic heterocycles. The number of benzene rings is 1. The van der Waals surface area contributed by atoms with Crippen LogP contribution in [0, 0.1) is 0 Å². The first-order valence-corrected chi connectivity index (χ1v) is 16.2. The highest BCUT2D eigenvalue weighted by Crippen LogP contribution is 2.40. The fraction of sp³-hybridized carbons (Fsp3) is 0.606. The second-order valence-electron chi connectivity index (χ2n) is 13.5. The van der Waals surface area contributed by atoms with Gasteiger partial charge in [-0.15, -0.1) is 0 Å². The number of rotatable bonds is 8. The van der Waals surface area contributed by atoms with Crippen molar-refractivity contribution in [3.05, 3.63) is 30.0 Å². The molecule has 0 spiro atoms. The molecule has 13 nitrogen and oxygen atoms in total. The lowest BCUT2D eigenvalue weighted by Crippen LogP contribution is -2.58. The summed E-state index contributed by atoms with van der Waals surface area (Å²) in [5, 5.41) is 16.5. The molecule has 3 aliphatic rings. The highest BCUT2D eigenvalue weighted by Gasteiger charge is 2.41. The third-order valence-electron chi connectivity index (χ3n) is 9.18. The number of fused-ring (bicyclic) bond motifs is 1. The van der Waals surface area contributed by atoms with Crippen molar-refractivity contribution >= 4 is 41.0 Å². The van der Waals surface area contributed by atoms with Crippen molar-refractivity contribution in [3.63, 3.8) is 0 Å². The number of hydrogen-bond donors (Lipinski definition) is 3. The number of aliphatic hydroxyl groups is 1. The minimum Gasteiger partial charge on any atom is -0.495 e. The van der Waals surface area contributed by atoms with Crippen LogP contribution in [0.1, 0.15) is 83.0 Å². The molecule has 1 saturated carbocycles. The van der Waals surface area contributed by atoms with E-state index >= 15 is 0 Å². The number of aliphatic hydroxyl groups excluding tert-OH is 1. The average molecular weight is 638 g/mol. The Hall–Kier alpha value is -4.13. The number of anilines is 4. The molecule has 0 unspecified atom stereocenters. The molecule has 13 heteroatoms. The van der Waals surface area contributed by atoms with Crippen LogP contribution in [0.2, 0.25) is 0 Å². The first-order valence-electron chi connectivity index (χ1n) is 16.2. The first kappa shape index (κ1) is 33.2. The molecule has 1 atom stereocenters. The Balaban J connectivity index is 1.31. The molecule has 3 N–H and O–H groups in total. The molecule has 0 radical (unpaired) electrons. The highest BCUT2D eigenvalue weighted by molar-refractivity contribution is 6.04. The van der Waals surface area contributed by atoms with Crippen LogP contribution >= 0.6 is 0 Å². The zero-order chi connectivity index (χ0) is 33.2. The molecule has 2 fully saturated rings. The maximum absolute atomic E-state index is 13.4. The molecule has 1 aromatic carbocycles. The molecular formula is C33H47N7O6. The lowest BCUT2D eigenvalue weighted by atomic mass is 9.88. The molecule has 1 saturated heterocycles. The summed E-state index contributed by atoms with van der Waals surface area (Å²) in [7, 11) is 3.29. The lowest BCUT2D eigenvalue weighted by Gasteiger charge is -2.43. The molecule has 0 bridgehead atoms. The van der Waals surface area contributed by atoms with Crippen LogP contribution in [-0.2, 0) is 9.53 Å². The number of methoxy groups -OCH3 is 1. The van der Waals surface area contributed by atoms with Crippen molar-refractivity contribution in [1.82, 2.24) is 20.2 Å². The van der Waals surface area contributed by atoms with E-state index in [1.54, 1.807) is 41.2 Å². The van der Waals surface area contributed by atoms with Gasteiger partial charge in [-0.1, -0.05) is 19.8 Å². The zero-order valence-electron chi connectivity index (χ0n) is 27.8. The van der Waals surface area contributed by atoms with Gasteiger partial charge in [0.1, 0.15) is 23.1 Å². The third kappa shape index (κ3) is 6.84. The number of hydrogen-bond acceptors (Lipinski definition) is 10. The summed E-state index contributed by atoms with van der Waals surface area (Å²) in [6.07, 6.45) is 7.04. The Morgan fingerprint density at radius 1 is 1.15 bits per heavy atom. The van der Waals surface area contributed by atoms with Crippen molar-refractivity contribution in [3.8, 4) is 5.75 Å². The Morgan fingerprint density at radius 2 is 1.85 bits per heavy atom. The summed E-state index contributed by atoms with van der Waals surface area (Å²) in [6.45, 7) is 7.92. The number of ether oxygens (including phenoxy) is 2. The minimum atomic E-state index is -0.868. The Kier molecular flexibility index (Phi) is 9.62. The van der Waals surface area contributed by atoms with Crippen LogP contribution in [0.15, 0.2) is 24.4 Å². The number of amides is 3. The number of nitrogens with one attached hydrogen (secondary N) is 2. The van der Waals surface area contributed by atoms with Crippen LogP contribution < -0.4 is 25.2 Å². The topological polar surface area (TPSA) is 149 Å². The molecule has 5 rings (SSSR count). The largest absolute Gasteiger partial charge is 0.495 e. The van der Waals surface area contributed by atoms with E-state index in [0.717, 1.165) is 31.5 Å². The smallest absolute Gasteiger partial charge is 0.410 e. The maximum atomic E-state index is 13.4. The van der Waals surface area contributed by atoms with Crippen molar-refractivity contribution in [2.45, 2.75) is 95.9 Å². The normalized spacial score (nSPS) is 19.9. The van der Waals surface area contributed by atoms with Gasteiger partial charge in [0.05, 0.1) is 31.1 Å². The van der Waals surface area contributed by atoms with Gasteiger partial charge in [0, 0.05) is 31.7 Å². The van der Waals surface area contributed by atoms with Crippen molar-refractivity contribution < 1.29 is 29.0 Å². The third-order valence-corrected chi connectivity index (χ3v) is 9.18. The number of piperidine rings is 1. The number of carbonyl (C=O) groups is 3. The summed E-state index contributed by atoms with van der Waals surface area (Å²) >= 11 is 0. The summed E-state index contributed by atoms with van der Waals surface area (Å²) in [5.41, 5.74) is 0.137. The SMILES string of the molecule is CC[C@@H]1C(=O)N(C)c2cnc(Nc3ccc(C(=O)NC4(CO)CCN(C(=O)OC(C)(C)C)CC4)cc3OC)nc2N1C1CCCC1. The van der Waals surface area contributed by atoms with E-state index in [0.29, 0.717) is 61.0 Å². The molecule has 2 aromatic rings. The second-order valence-corrected chi connectivity index (χ2v) is 13.5. The van der Waals surface area contributed by atoms with Gasteiger partial charge in [-0.25, -0.2) is 9.78 Å². The molecule has 1 aliphatic carbocycles. The number of likely N-dealkylation sites (tertiary alicyclic amines) is 1. The molecule has 1 aromatic heterocycles. The molecule has 250 valence electrons. The molecule has 3 amide bonds. The standard InChI is InChI=1S/C33H47N7O6/c1-7-24-29(43)38(5)25-19-34-30(36-27(25)40(24)22-10-8-9-11-22)35-23-13-12-21(18-26(23)45-6)28(42)37-33(20-41)14-16-39(17-15-33)31(44)46-32(2,3)4/h12-13,18-19,22,24,41H,7-11,14-17,20H2,1-6H3,(H,37,42)(H,34,35,36)/t24-/m1/s1. The molecule has 46 heavy (non-hydrogen) atoms. The summed E-state index contributed by atoms with van der Waals surface area (Å²) in [4.78, 5) is 53.9. The Labute approximate surface area is 270 Å². The van der Waals surface area contributed by atoms with E-state index in [-0.39, 0.29) is 30.5 Å². The summed E-state index contributed by atoms with van der Waals surface area (Å²) in [5.74, 6) is 1.20. The van der Waals surface area contributed by atoms with E-state index in [1.165, 1.54) is 7.11 Å². The van der Waals surface area contributed by atoms with Gasteiger partial charge in [0.25, 0.3) is 5.91 Å². The van der Waals surface area contributed by atoms with Gasteiger partial charge in [-0.05, 0) is 71.1 Å². The minimum absolute atomic E-state index is 0.0540. The van der Waals surface area contributed by atoms with E-state index in [9.17, 15) is 19.5 Å². The number of aromatic nitrogens is 2. The fourth-order valence-corrected chi connectivity index (χ4v) is 6.58. The van der Waals surface area contributed by atoms with Crippen LogP contribution in [0.4, 0.5) is 27.9 Å². The van der Waals surface area contributed by atoms with Gasteiger partial charge >= 0.3 is 6.09 Å². The number of carbonyl (C=O) groups excluding carboxylic acids is 3. The number of likely N-dealkylation sites (N-methyl/N-ethyl adjacent to an activating group) is 1. The number of nitrogens with zero attached hydrogens (tertiary/aromatic N) is 5. The lowest BCUT2D eigenvalue weighted by molar-refractivity contribution is -0.120. The summed E-state index contributed by atoms with van der Waals surface area (Å²) in [6, 6.07) is 5.00. The quantitative estimate of drug-likeness (QED) is 0.384. The van der Waals surface area contributed by atoms with Gasteiger partial charge in [0.2, 0.25) is 11.9 Å². The summed E-state index contributed by atoms with van der Waals surface area (Å²) < 4.78 is 11.1.